The molecule has 1 aliphatic carbocycles. The lowest BCUT2D eigenvalue weighted by atomic mass is 9.71. The Morgan fingerprint density at radius 1 is 1.00 bits per heavy atom. The molecule has 0 saturated heterocycles. The first kappa shape index (κ1) is 15.7. The standard InChI is InChI=1S/C21H19NO3/c1-14-12-25-13-15(14)11-21(23)19-10-6-5-8-17(19)16-7-3-4-9-18(16)20(21)22-24-2/h3-10,12-13,23H,11H2,1-2H3/b22-20+. The lowest BCUT2D eigenvalue weighted by molar-refractivity contribution is 0.103. The van der Waals surface area contributed by atoms with Crippen molar-refractivity contribution in [3.63, 3.8) is 0 Å². The van der Waals surface area contributed by atoms with Gasteiger partial charge in [-0.25, -0.2) is 0 Å². The monoisotopic (exact) mass is 333 g/mol. The zero-order valence-electron chi connectivity index (χ0n) is 14.2. The van der Waals surface area contributed by atoms with E-state index >= 15 is 0 Å². The van der Waals surface area contributed by atoms with Crippen LogP contribution in [0.4, 0.5) is 0 Å². The van der Waals surface area contributed by atoms with Gasteiger partial charge in [-0.3, -0.25) is 0 Å². The average molecular weight is 333 g/mol. The summed E-state index contributed by atoms with van der Waals surface area (Å²) in [7, 11) is 1.50. The Kier molecular flexibility index (Phi) is 3.70. The van der Waals surface area contributed by atoms with E-state index in [0.29, 0.717) is 12.1 Å². The van der Waals surface area contributed by atoms with Crippen molar-refractivity contribution in [2.75, 3.05) is 7.11 Å². The van der Waals surface area contributed by atoms with Crippen LogP contribution >= 0.6 is 0 Å². The van der Waals surface area contributed by atoms with Gasteiger partial charge in [-0.1, -0.05) is 53.7 Å². The molecule has 1 aliphatic rings. The van der Waals surface area contributed by atoms with E-state index in [9.17, 15) is 5.11 Å². The van der Waals surface area contributed by atoms with Gasteiger partial charge in [0.25, 0.3) is 0 Å². The SMILES string of the molecule is CO/N=C1\c2ccccc2-c2ccccc2C1(O)Cc1cocc1C. The van der Waals surface area contributed by atoms with Crippen LogP contribution in [0.5, 0.6) is 0 Å². The summed E-state index contributed by atoms with van der Waals surface area (Å²) in [4.78, 5) is 5.10. The molecule has 0 aliphatic heterocycles. The number of fused-ring (bicyclic) bond motifs is 3. The molecule has 3 aromatic rings. The first-order valence-electron chi connectivity index (χ1n) is 8.20. The molecule has 1 heterocycles. The Morgan fingerprint density at radius 3 is 2.36 bits per heavy atom. The van der Waals surface area contributed by atoms with Crippen LogP contribution in [0.25, 0.3) is 11.1 Å². The second kappa shape index (κ2) is 5.90. The highest BCUT2D eigenvalue weighted by atomic mass is 16.6. The molecule has 4 nitrogen and oxygen atoms in total. The van der Waals surface area contributed by atoms with Crippen molar-refractivity contribution >= 4 is 5.71 Å². The maximum atomic E-state index is 11.8. The van der Waals surface area contributed by atoms with Crippen molar-refractivity contribution in [2.24, 2.45) is 5.16 Å². The van der Waals surface area contributed by atoms with E-state index in [4.69, 9.17) is 9.25 Å². The lowest BCUT2D eigenvalue weighted by Crippen LogP contribution is -2.42. The van der Waals surface area contributed by atoms with Crippen LogP contribution in [0.1, 0.15) is 22.3 Å². The summed E-state index contributed by atoms with van der Waals surface area (Å²) in [5.74, 6) is 0. The van der Waals surface area contributed by atoms with Crippen LogP contribution in [0.2, 0.25) is 0 Å². The minimum absolute atomic E-state index is 0.364. The van der Waals surface area contributed by atoms with Gasteiger partial charge in [-0.2, -0.15) is 0 Å². The Bertz CT molecular complexity index is 957. The van der Waals surface area contributed by atoms with E-state index in [1.54, 1.807) is 12.5 Å². The molecule has 0 radical (unpaired) electrons. The van der Waals surface area contributed by atoms with E-state index in [1.165, 1.54) is 7.11 Å². The maximum Gasteiger partial charge on any atom is 0.140 e. The molecule has 0 bridgehead atoms. The summed E-state index contributed by atoms with van der Waals surface area (Å²) in [5, 5.41) is 16.0. The van der Waals surface area contributed by atoms with Crippen LogP contribution < -0.4 is 0 Å². The van der Waals surface area contributed by atoms with E-state index in [2.05, 4.69) is 5.16 Å². The van der Waals surface area contributed by atoms with Crippen LogP contribution in [0, 0.1) is 6.92 Å². The fourth-order valence-electron chi connectivity index (χ4n) is 3.59. The zero-order chi connectivity index (χ0) is 17.4. The Morgan fingerprint density at radius 2 is 1.68 bits per heavy atom. The normalized spacial score (nSPS) is 20.2. The van der Waals surface area contributed by atoms with Crippen molar-refractivity contribution < 1.29 is 14.4 Å². The zero-order valence-corrected chi connectivity index (χ0v) is 14.2. The van der Waals surface area contributed by atoms with Gasteiger partial charge in [-0.05, 0) is 34.7 Å². The average Bonchev–Trinajstić information content (AvgIpc) is 3.03. The van der Waals surface area contributed by atoms with Gasteiger partial charge >= 0.3 is 0 Å². The van der Waals surface area contributed by atoms with Gasteiger partial charge in [0.05, 0.1) is 12.5 Å². The number of aryl methyl sites for hydroxylation is 1. The second-order valence-corrected chi connectivity index (χ2v) is 6.33. The van der Waals surface area contributed by atoms with Crippen molar-refractivity contribution in [2.45, 2.75) is 18.9 Å². The van der Waals surface area contributed by atoms with Gasteiger partial charge in [0.1, 0.15) is 18.4 Å². The van der Waals surface area contributed by atoms with Crippen LogP contribution in [-0.4, -0.2) is 17.9 Å². The molecular weight excluding hydrogens is 314 g/mol. The third-order valence-corrected chi connectivity index (χ3v) is 4.83. The number of aliphatic hydroxyl groups is 1. The number of hydrogen-bond acceptors (Lipinski definition) is 4. The summed E-state index contributed by atoms with van der Waals surface area (Å²) < 4.78 is 5.30. The summed E-state index contributed by atoms with van der Waals surface area (Å²) in [6, 6.07) is 15.9. The third-order valence-electron chi connectivity index (χ3n) is 4.83. The molecule has 0 saturated carbocycles. The maximum absolute atomic E-state index is 11.8. The Hall–Kier alpha value is -2.85. The van der Waals surface area contributed by atoms with E-state index in [-0.39, 0.29) is 0 Å². The van der Waals surface area contributed by atoms with E-state index in [1.807, 2.05) is 55.5 Å². The number of oxime groups is 1. The van der Waals surface area contributed by atoms with Gasteiger partial charge in [0.15, 0.2) is 0 Å². The molecule has 0 fully saturated rings. The number of nitrogens with zero attached hydrogens (tertiary/aromatic N) is 1. The molecule has 126 valence electrons. The molecule has 1 aromatic heterocycles. The first-order chi connectivity index (χ1) is 12.1. The molecule has 4 heteroatoms. The lowest BCUT2D eigenvalue weighted by Gasteiger charge is -2.36. The van der Waals surface area contributed by atoms with Crippen LogP contribution in [0.3, 0.4) is 0 Å². The third kappa shape index (κ3) is 2.37. The van der Waals surface area contributed by atoms with Crippen LogP contribution in [-0.2, 0) is 16.9 Å². The summed E-state index contributed by atoms with van der Waals surface area (Å²) >= 11 is 0. The smallest absolute Gasteiger partial charge is 0.140 e. The molecule has 1 N–H and O–H groups in total. The molecule has 25 heavy (non-hydrogen) atoms. The number of furan rings is 1. The number of benzene rings is 2. The highest BCUT2D eigenvalue weighted by Crippen LogP contribution is 2.44. The largest absolute Gasteiger partial charge is 0.472 e. The topological polar surface area (TPSA) is 55.0 Å². The minimum Gasteiger partial charge on any atom is -0.472 e. The highest BCUT2D eigenvalue weighted by molar-refractivity contribution is 6.14. The molecule has 1 atom stereocenters. The van der Waals surface area contributed by atoms with Gasteiger partial charge in [0, 0.05) is 12.0 Å². The quantitative estimate of drug-likeness (QED) is 0.736. The summed E-state index contributed by atoms with van der Waals surface area (Å²) in [6.45, 7) is 1.97. The van der Waals surface area contributed by atoms with Gasteiger partial charge in [-0.15, -0.1) is 0 Å². The minimum atomic E-state index is -1.30. The van der Waals surface area contributed by atoms with Crippen LogP contribution in [0.15, 0.2) is 70.6 Å². The van der Waals surface area contributed by atoms with Crippen molar-refractivity contribution in [1.82, 2.24) is 0 Å². The number of rotatable bonds is 3. The van der Waals surface area contributed by atoms with E-state index < -0.39 is 5.60 Å². The Balaban J connectivity index is 1.99. The molecular formula is C21H19NO3. The number of hydrogen-bond donors (Lipinski definition) is 1. The molecule has 0 amide bonds. The predicted octanol–water partition coefficient (Wildman–Crippen LogP) is 4.05. The Labute approximate surface area is 146 Å². The highest BCUT2D eigenvalue weighted by Gasteiger charge is 2.44. The second-order valence-electron chi connectivity index (χ2n) is 6.33. The fraction of sp³-hybridized carbons (Fsp3) is 0.190. The molecule has 0 spiro atoms. The summed E-state index contributed by atoms with van der Waals surface area (Å²) in [5.41, 5.74) is 4.93. The van der Waals surface area contributed by atoms with Crippen molar-refractivity contribution in [3.8, 4) is 11.1 Å². The van der Waals surface area contributed by atoms with Gasteiger partial charge in [0.2, 0.25) is 0 Å². The van der Waals surface area contributed by atoms with Crippen molar-refractivity contribution in [3.05, 3.63) is 83.3 Å². The predicted molar refractivity (Wildman–Crippen MR) is 96.5 cm³/mol. The molecule has 4 rings (SSSR count). The van der Waals surface area contributed by atoms with Gasteiger partial charge < -0.3 is 14.4 Å². The van der Waals surface area contributed by atoms with Crippen molar-refractivity contribution in [1.29, 1.82) is 0 Å². The molecule has 2 aromatic carbocycles. The first-order valence-corrected chi connectivity index (χ1v) is 8.20. The van der Waals surface area contributed by atoms with E-state index in [0.717, 1.165) is 33.4 Å². The fourth-order valence-corrected chi connectivity index (χ4v) is 3.59. The summed E-state index contributed by atoms with van der Waals surface area (Å²) in [6.07, 6.45) is 3.73. The molecule has 1 unspecified atom stereocenters.